The van der Waals surface area contributed by atoms with Gasteiger partial charge in [-0.25, -0.2) is 0 Å². The summed E-state index contributed by atoms with van der Waals surface area (Å²) in [6.07, 6.45) is 6.83. The summed E-state index contributed by atoms with van der Waals surface area (Å²) in [7, 11) is 0. The van der Waals surface area contributed by atoms with Gasteiger partial charge in [0, 0.05) is 0 Å². The fraction of sp³-hybridized carbons (Fsp3) is 0.0909. The molecule has 0 fully saturated rings. The average Bonchev–Trinajstić information content (AvgIpc) is 3.64. The van der Waals surface area contributed by atoms with Crippen LogP contribution in [0.4, 0.5) is 0 Å². The van der Waals surface area contributed by atoms with Crippen molar-refractivity contribution in [2.75, 3.05) is 0 Å². The maximum atomic E-state index is 2.36. The van der Waals surface area contributed by atoms with Crippen LogP contribution in [0.25, 0.3) is 66.7 Å². The molecule has 0 unspecified atom stereocenters. The monoisotopic (exact) mass is 562 g/mol. The molecule has 0 N–H and O–H groups in total. The summed E-state index contributed by atoms with van der Waals surface area (Å²) in [5.41, 5.74) is 14.1. The minimum absolute atomic E-state index is 1.08. The molecule has 0 heteroatoms. The lowest BCUT2D eigenvalue weighted by Crippen LogP contribution is -1.90. The zero-order valence-corrected chi connectivity index (χ0v) is 25.3. The van der Waals surface area contributed by atoms with E-state index in [9.17, 15) is 0 Å². The summed E-state index contributed by atoms with van der Waals surface area (Å²) < 4.78 is 0. The highest BCUT2D eigenvalue weighted by Crippen LogP contribution is 2.41. The van der Waals surface area contributed by atoms with Crippen molar-refractivity contribution in [1.82, 2.24) is 0 Å². The zero-order valence-electron chi connectivity index (χ0n) is 25.3. The minimum Gasteiger partial charge on any atom is -0.0683 e. The average molecular weight is 563 g/mol. The second-order valence-corrected chi connectivity index (χ2v) is 12.3. The van der Waals surface area contributed by atoms with Crippen molar-refractivity contribution >= 4 is 44.5 Å². The van der Waals surface area contributed by atoms with Crippen molar-refractivity contribution in [3.63, 3.8) is 0 Å². The molecule has 9 rings (SSSR count). The Morgan fingerprint density at radius 3 is 1.77 bits per heavy atom. The molecule has 0 radical (unpaired) electrons. The van der Waals surface area contributed by atoms with Crippen LogP contribution < -0.4 is 0 Å². The summed E-state index contributed by atoms with van der Waals surface area (Å²) in [6.45, 7) is 4.44. The molecule has 44 heavy (non-hydrogen) atoms. The molecule has 0 spiro atoms. The van der Waals surface area contributed by atoms with Gasteiger partial charge >= 0.3 is 0 Å². The first kappa shape index (κ1) is 26.4. The molecule has 0 nitrogen and oxygen atoms in total. The van der Waals surface area contributed by atoms with Crippen molar-refractivity contribution in [3.8, 4) is 22.3 Å². The van der Waals surface area contributed by atoms with Gasteiger partial charge in [0.15, 0.2) is 0 Å². The summed E-state index contributed by atoms with van der Waals surface area (Å²) in [6, 6.07) is 48.4. The number of hydrogen-bond acceptors (Lipinski definition) is 0. The van der Waals surface area contributed by atoms with Crippen LogP contribution in [0.2, 0.25) is 0 Å². The molecule has 0 saturated heterocycles. The molecule has 7 aromatic carbocycles. The Balaban J connectivity index is 0.000000134. The highest BCUT2D eigenvalue weighted by atomic mass is 14.2. The number of fused-ring (bicyclic) bond motifs is 5. The molecular weight excluding hydrogens is 528 g/mol. The van der Waals surface area contributed by atoms with Crippen molar-refractivity contribution in [1.29, 1.82) is 0 Å². The highest BCUT2D eigenvalue weighted by molar-refractivity contribution is 6.14. The van der Waals surface area contributed by atoms with E-state index >= 15 is 0 Å². The predicted molar refractivity (Wildman–Crippen MR) is 191 cm³/mol. The maximum Gasteiger partial charge on any atom is -0.00207 e. The topological polar surface area (TPSA) is 0 Å². The number of hydrogen-bond donors (Lipinski definition) is 0. The minimum atomic E-state index is 1.08. The van der Waals surface area contributed by atoms with Crippen LogP contribution in [0.15, 0.2) is 145 Å². The van der Waals surface area contributed by atoms with Gasteiger partial charge < -0.3 is 0 Å². The van der Waals surface area contributed by atoms with Gasteiger partial charge in [-0.05, 0) is 110 Å². The summed E-state index contributed by atoms with van der Waals surface area (Å²) in [5, 5.41) is 7.94. The van der Waals surface area contributed by atoms with Gasteiger partial charge in [0.05, 0.1) is 0 Å². The van der Waals surface area contributed by atoms with Crippen LogP contribution in [-0.2, 0) is 12.8 Å². The third kappa shape index (κ3) is 4.55. The molecule has 7 aromatic rings. The van der Waals surface area contributed by atoms with E-state index in [1.807, 2.05) is 0 Å². The number of allylic oxidation sites excluding steroid dienone is 2. The van der Waals surface area contributed by atoms with E-state index in [0.717, 1.165) is 12.8 Å². The van der Waals surface area contributed by atoms with Crippen LogP contribution in [0.3, 0.4) is 0 Å². The summed E-state index contributed by atoms with van der Waals surface area (Å²) in [5.74, 6) is 0. The van der Waals surface area contributed by atoms with Gasteiger partial charge in [-0.2, -0.15) is 0 Å². The summed E-state index contributed by atoms with van der Waals surface area (Å²) in [4.78, 5) is 0. The van der Waals surface area contributed by atoms with E-state index < -0.39 is 0 Å². The van der Waals surface area contributed by atoms with Crippen LogP contribution in [0, 0.1) is 0 Å². The molecule has 0 bridgehead atoms. The van der Waals surface area contributed by atoms with Gasteiger partial charge in [-0.1, -0.05) is 151 Å². The van der Waals surface area contributed by atoms with E-state index in [1.165, 1.54) is 88.0 Å². The lowest BCUT2D eigenvalue weighted by molar-refractivity contribution is 1.20. The lowest BCUT2D eigenvalue weighted by Gasteiger charge is -2.15. The fourth-order valence-electron chi connectivity index (χ4n) is 7.30. The van der Waals surface area contributed by atoms with Crippen molar-refractivity contribution in [2.24, 2.45) is 0 Å². The Bertz CT molecular complexity index is 2230. The predicted octanol–water partition coefficient (Wildman–Crippen LogP) is 12.1. The Kier molecular flexibility index (Phi) is 6.50. The first-order chi connectivity index (χ1) is 21.6. The number of benzene rings is 7. The third-order valence-electron chi connectivity index (χ3n) is 9.25. The van der Waals surface area contributed by atoms with E-state index in [1.54, 1.807) is 0 Å². The van der Waals surface area contributed by atoms with Crippen LogP contribution in [0.1, 0.15) is 36.1 Å². The van der Waals surface area contributed by atoms with Gasteiger partial charge in [-0.15, -0.1) is 0 Å². The van der Waals surface area contributed by atoms with Crippen LogP contribution in [0.5, 0.6) is 0 Å². The highest BCUT2D eigenvalue weighted by Gasteiger charge is 2.18. The first-order valence-electron chi connectivity index (χ1n) is 15.6. The quantitative estimate of drug-likeness (QED) is 0.184. The molecule has 210 valence electrons. The van der Waals surface area contributed by atoms with Gasteiger partial charge in [-0.3, -0.25) is 0 Å². The van der Waals surface area contributed by atoms with Crippen LogP contribution >= 0.6 is 0 Å². The molecule has 0 heterocycles. The van der Waals surface area contributed by atoms with Crippen LogP contribution in [-0.4, -0.2) is 0 Å². The standard InChI is InChI=1S/C24H18.C20H16/c1-16-13-17-9-6-12-22(23(17)14-16)24-20-10-4-2-7-18(20)15-19-8-3-5-11-21(19)24;1-14-12-16-8-5-11-19(20(16)13-14)18-10-4-7-15-6-2-3-9-17(15)18/h2-12,14-15H,13H2,1H3;2-12H,13H2,1H3. The fourth-order valence-corrected chi connectivity index (χ4v) is 7.30. The SMILES string of the molecule is CC1=Cc2c(cccc2-c2c3ccccc3cc3ccccc23)C1.CC1=Cc2cccc(-c3cccc4ccccc34)c2C1. The van der Waals surface area contributed by atoms with E-state index in [2.05, 4.69) is 159 Å². The lowest BCUT2D eigenvalue weighted by atomic mass is 9.89. The first-order valence-corrected chi connectivity index (χ1v) is 15.6. The van der Waals surface area contributed by atoms with E-state index in [-0.39, 0.29) is 0 Å². The second-order valence-electron chi connectivity index (χ2n) is 12.3. The van der Waals surface area contributed by atoms with E-state index in [4.69, 9.17) is 0 Å². The molecule has 2 aliphatic rings. The van der Waals surface area contributed by atoms with Gasteiger partial charge in [0.25, 0.3) is 0 Å². The van der Waals surface area contributed by atoms with Gasteiger partial charge in [0.1, 0.15) is 0 Å². The molecule has 0 aromatic heterocycles. The maximum absolute atomic E-state index is 2.36. The Hall–Kier alpha value is -5.20. The molecule has 0 saturated carbocycles. The normalized spacial score (nSPS) is 13.3. The smallest absolute Gasteiger partial charge is 0.00207 e. The molecule has 0 atom stereocenters. The Morgan fingerprint density at radius 2 is 1.00 bits per heavy atom. The molecule has 0 aliphatic heterocycles. The zero-order chi connectivity index (χ0) is 29.6. The molecular formula is C44H34. The Morgan fingerprint density at radius 1 is 0.432 bits per heavy atom. The third-order valence-corrected chi connectivity index (χ3v) is 9.25. The largest absolute Gasteiger partial charge is 0.0683 e. The Labute approximate surface area is 259 Å². The van der Waals surface area contributed by atoms with E-state index in [0.29, 0.717) is 0 Å². The van der Waals surface area contributed by atoms with Crippen molar-refractivity contribution in [3.05, 3.63) is 167 Å². The summed E-state index contributed by atoms with van der Waals surface area (Å²) >= 11 is 0. The molecule has 0 amide bonds. The second kappa shape index (κ2) is 10.8. The van der Waals surface area contributed by atoms with Crippen molar-refractivity contribution in [2.45, 2.75) is 26.7 Å². The van der Waals surface area contributed by atoms with Crippen molar-refractivity contribution < 1.29 is 0 Å². The van der Waals surface area contributed by atoms with Gasteiger partial charge in [0.2, 0.25) is 0 Å². The molecule has 2 aliphatic carbocycles. The number of rotatable bonds is 2.